The number of nitrogens with zero attached hydrogens (tertiary/aromatic N) is 1. The lowest BCUT2D eigenvalue weighted by molar-refractivity contribution is -0.0265. The van der Waals surface area contributed by atoms with Crippen LogP contribution in [0.3, 0.4) is 0 Å². The van der Waals surface area contributed by atoms with Crippen LogP contribution in [0, 0.1) is 11.8 Å². The Labute approximate surface area is 157 Å². The molecule has 5 nitrogen and oxygen atoms in total. The van der Waals surface area contributed by atoms with Crippen molar-refractivity contribution in [2.75, 3.05) is 40.0 Å². The highest BCUT2D eigenvalue weighted by Gasteiger charge is 2.27. The van der Waals surface area contributed by atoms with Crippen LogP contribution in [-0.4, -0.2) is 45.9 Å². The maximum absolute atomic E-state index is 6.08. The van der Waals surface area contributed by atoms with Gasteiger partial charge in [0, 0.05) is 45.9 Å². The molecule has 2 aliphatic rings. The smallest absolute Gasteiger partial charge is 0.190 e. The number of aliphatic imine (C=N–C) groups is 1. The third kappa shape index (κ3) is 6.29. The zero-order valence-corrected chi connectivity index (χ0v) is 16.0. The van der Waals surface area contributed by atoms with Crippen LogP contribution in [0.15, 0.2) is 35.3 Å². The fourth-order valence-corrected chi connectivity index (χ4v) is 3.43. The zero-order valence-electron chi connectivity index (χ0n) is 16.0. The number of hydrogen-bond donors (Lipinski definition) is 2. The van der Waals surface area contributed by atoms with Crippen molar-refractivity contribution in [3.05, 3.63) is 35.9 Å². The Balaban J connectivity index is 1.37. The van der Waals surface area contributed by atoms with E-state index < -0.39 is 0 Å². The second-order valence-corrected chi connectivity index (χ2v) is 7.36. The van der Waals surface area contributed by atoms with Crippen molar-refractivity contribution < 1.29 is 9.47 Å². The van der Waals surface area contributed by atoms with Crippen LogP contribution in [0.5, 0.6) is 0 Å². The van der Waals surface area contributed by atoms with Gasteiger partial charge in [-0.15, -0.1) is 0 Å². The number of rotatable bonds is 9. The molecule has 1 heterocycles. The highest BCUT2D eigenvalue weighted by atomic mass is 16.5. The van der Waals surface area contributed by atoms with Crippen molar-refractivity contribution in [3.8, 4) is 0 Å². The van der Waals surface area contributed by atoms with E-state index in [0.29, 0.717) is 5.92 Å². The van der Waals surface area contributed by atoms with Crippen LogP contribution in [0.1, 0.15) is 43.8 Å². The van der Waals surface area contributed by atoms with Crippen molar-refractivity contribution in [3.63, 3.8) is 0 Å². The second-order valence-electron chi connectivity index (χ2n) is 7.36. The first-order valence-electron chi connectivity index (χ1n) is 10.1. The molecule has 1 saturated heterocycles. The molecule has 1 aromatic carbocycles. The Bertz CT molecular complexity index is 545. The number of benzene rings is 1. The van der Waals surface area contributed by atoms with Gasteiger partial charge in [0.2, 0.25) is 0 Å². The average molecular weight is 360 g/mol. The molecule has 0 bridgehead atoms. The van der Waals surface area contributed by atoms with E-state index in [0.717, 1.165) is 57.6 Å². The van der Waals surface area contributed by atoms with E-state index in [-0.39, 0.29) is 6.10 Å². The lowest BCUT2D eigenvalue weighted by Crippen LogP contribution is -2.42. The summed E-state index contributed by atoms with van der Waals surface area (Å²) in [4.78, 5) is 4.34. The topological polar surface area (TPSA) is 54.9 Å². The number of nitrogens with one attached hydrogen (secondary N) is 2. The molecule has 5 heteroatoms. The molecule has 1 aliphatic heterocycles. The van der Waals surface area contributed by atoms with Gasteiger partial charge in [-0.2, -0.15) is 0 Å². The Morgan fingerprint density at radius 2 is 2.04 bits per heavy atom. The molecule has 1 aromatic rings. The van der Waals surface area contributed by atoms with Crippen molar-refractivity contribution in [1.29, 1.82) is 0 Å². The summed E-state index contributed by atoms with van der Waals surface area (Å²) in [5, 5.41) is 6.86. The summed E-state index contributed by atoms with van der Waals surface area (Å²) in [5.41, 5.74) is 1.27. The van der Waals surface area contributed by atoms with Crippen LogP contribution < -0.4 is 10.6 Å². The van der Waals surface area contributed by atoms with E-state index in [1.807, 2.05) is 7.05 Å². The molecular weight excluding hydrogens is 326 g/mol. The molecule has 2 N–H and O–H groups in total. The zero-order chi connectivity index (χ0) is 18.0. The average Bonchev–Trinajstić information content (AvgIpc) is 3.52. The molecule has 2 unspecified atom stereocenters. The highest BCUT2D eigenvalue weighted by molar-refractivity contribution is 5.79. The first-order chi connectivity index (χ1) is 12.9. The second kappa shape index (κ2) is 10.5. The summed E-state index contributed by atoms with van der Waals surface area (Å²) < 4.78 is 11.7. The molecule has 0 aromatic heterocycles. The summed E-state index contributed by atoms with van der Waals surface area (Å²) in [6, 6.07) is 10.6. The van der Waals surface area contributed by atoms with Gasteiger partial charge in [0.15, 0.2) is 5.96 Å². The maximum atomic E-state index is 6.08. The first-order valence-corrected chi connectivity index (χ1v) is 10.1. The fourth-order valence-electron chi connectivity index (χ4n) is 3.43. The minimum absolute atomic E-state index is 0.173. The van der Waals surface area contributed by atoms with Crippen LogP contribution in [0.25, 0.3) is 0 Å². The lowest BCUT2D eigenvalue weighted by atomic mass is 9.89. The number of guanidine groups is 1. The minimum atomic E-state index is 0.173. The summed E-state index contributed by atoms with van der Waals surface area (Å²) >= 11 is 0. The largest absolute Gasteiger partial charge is 0.381 e. The summed E-state index contributed by atoms with van der Waals surface area (Å²) in [6.45, 7) is 4.37. The molecule has 26 heavy (non-hydrogen) atoms. The SMILES string of the molecule is CN=C(NCCCOCC1CC1)NCC1CCCOC1c1ccccc1. The van der Waals surface area contributed by atoms with Gasteiger partial charge in [-0.3, -0.25) is 4.99 Å². The Morgan fingerprint density at radius 3 is 2.81 bits per heavy atom. The molecule has 2 fully saturated rings. The number of hydrogen-bond acceptors (Lipinski definition) is 3. The minimum Gasteiger partial charge on any atom is -0.381 e. The molecule has 144 valence electrons. The van der Waals surface area contributed by atoms with E-state index in [9.17, 15) is 0 Å². The van der Waals surface area contributed by atoms with Gasteiger partial charge in [0.1, 0.15) is 0 Å². The molecule has 1 saturated carbocycles. The van der Waals surface area contributed by atoms with Gasteiger partial charge >= 0.3 is 0 Å². The van der Waals surface area contributed by atoms with E-state index in [2.05, 4.69) is 46.0 Å². The first kappa shape index (κ1) is 19.2. The Morgan fingerprint density at radius 1 is 1.19 bits per heavy atom. The highest BCUT2D eigenvalue weighted by Crippen LogP contribution is 2.33. The normalized spacial score (nSPS) is 23.7. The fraction of sp³-hybridized carbons (Fsp3) is 0.667. The van der Waals surface area contributed by atoms with Gasteiger partial charge in [0.25, 0.3) is 0 Å². The summed E-state index contributed by atoms with van der Waals surface area (Å²) in [7, 11) is 1.82. The molecule has 0 amide bonds. The Hall–Kier alpha value is -1.59. The van der Waals surface area contributed by atoms with Crippen molar-refractivity contribution >= 4 is 5.96 Å². The monoisotopic (exact) mass is 359 g/mol. The van der Waals surface area contributed by atoms with Gasteiger partial charge in [0.05, 0.1) is 6.10 Å². The summed E-state index contributed by atoms with van der Waals surface area (Å²) in [6.07, 6.45) is 6.19. The third-order valence-electron chi connectivity index (χ3n) is 5.14. The lowest BCUT2D eigenvalue weighted by Gasteiger charge is -2.32. The van der Waals surface area contributed by atoms with E-state index in [1.165, 1.54) is 24.8 Å². The summed E-state index contributed by atoms with van der Waals surface area (Å²) in [5.74, 6) is 2.17. The quantitative estimate of drug-likeness (QED) is 0.404. The molecule has 2 atom stereocenters. The van der Waals surface area contributed by atoms with Crippen LogP contribution in [0.4, 0.5) is 0 Å². The molecule has 1 aliphatic carbocycles. The van der Waals surface area contributed by atoms with E-state index >= 15 is 0 Å². The predicted molar refractivity (Wildman–Crippen MR) is 105 cm³/mol. The third-order valence-corrected chi connectivity index (χ3v) is 5.14. The van der Waals surface area contributed by atoms with Gasteiger partial charge in [-0.25, -0.2) is 0 Å². The maximum Gasteiger partial charge on any atom is 0.190 e. The van der Waals surface area contributed by atoms with Crippen LogP contribution >= 0.6 is 0 Å². The van der Waals surface area contributed by atoms with Crippen molar-refractivity contribution in [2.24, 2.45) is 16.8 Å². The standard InChI is InChI=1S/C21H33N3O2/c1-22-21(23-12-6-13-25-16-17-10-11-17)24-15-19-9-5-14-26-20(19)18-7-3-2-4-8-18/h2-4,7-8,17,19-20H,5-6,9-16H2,1H3,(H2,22,23,24). The molecule has 0 radical (unpaired) electrons. The van der Waals surface area contributed by atoms with Crippen LogP contribution in [0.2, 0.25) is 0 Å². The number of ether oxygens (including phenoxy) is 2. The van der Waals surface area contributed by atoms with Gasteiger partial charge in [-0.05, 0) is 43.6 Å². The van der Waals surface area contributed by atoms with E-state index in [1.54, 1.807) is 0 Å². The molecular formula is C21H33N3O2. The molecule has 0 spiro atoms. The van der Waals surface area contributed by atoms with Crippen molar-refractivity contribution in [1.82, 2.24) is 10.6 Å². The predicted octanol–water partition coefficient (Wildman–Crippen LogP) is 3.14. The van der Waals surface area contributed by atoms with Crippen LogP contribution in [-0.2, 0) is 9.47 Å². The van der Waals surface area contributed by atoms with E-state index in [4.69, 9.17) is 9.47 Å². The van der Waals surface area contributed by atoms with Gasteiger partial charge in [-0.1, -0.05) is 30.3 Å². The van der Waals surface area contributed by atoms with Crippen molar-refractivity contribution in [2.45, 2.75) is 38.2 Å². The Kier molecular flexibility index (Phi) is 7.77. The van der Waals surface area contributed by atoms with Gasteiger partial charge < -0.3 is 20.1 Å². The molecule has 3 rings (SSSR count).